The first-order chi connectivity index (χ1) is 9.54. The van der Waals surface area contributed by atoms with E-state index in [0.29, 0.717) is 0 Å². The highest BCUT2D eigenvalue weighted by Crippen LogP contribution is 2.32. The zero-order valence-corrected chi connectivity index (χ0v) is 14.2. The lowest BCUT2D eigenvalue weighted by Gasteiger charge is -2.20. The molecule has 1 aromatic carbocycles. The third-order valence-corrected chi connectivity index (χ3v) is 4.24. The number of hydrogen-bond donors (Lipinski definition) is 1. The Bertz CT molecular complexity index is 571. The van der Waals surface area contributed by atoms with Gasteiger partial charge in [-0.25, -0.2) is 0 Å². The molecule has 1 heterocycles. The van der Waals surface area contributed by atoms with E-state index in [1.807, 2.05) is 6.92 Å². The van der Waals surface area contributed by atoms with Crippen molar-refractivity contribution in [2.45, 2.75) is 40.2 Å². The lowest BCUT2D eigenvalue weighted by Crippen LogP contribution is -2.24. The summed E-state index contributed by atoms with van der Waals surface area (Å²) in [7, 11) is 0. The van der Waals surface area contributed by atoms with Gasteiger partial charge in [-0.2, -0.15) is 0 Å². The van der Waals surface area contributed by atoms with Gasteiger partial charge in [0, 0.05) is 10.0 Å². The smallest absolute Gasteiger partial charge is 0.106 e. The molecule has 108 valence electrons. The summed E-state index contributed by atoms with van der Waals surface area (Å²) in [4.78, 5) is 0. The number of rotatable bonds is 5. The van der Waals surface area contributed by atoms with E-state index in [4.69, 9.17) is 4.42 Å². The van der Waals surface area contributed by atoms with Gasteiger partial charge >= 0.3 is 0 Å². The van der Waals surface area contributed by atoms with E-state index in [2.05, 4.69) is 66.3 Å². The Kier molecular flexibility index (Phi) is 5.06. The molecule has 1 unspecified atom stereocenters. The summed E-state index contributed by atoms with van der Waals surface area (Å²) in [5.41, 5.74) is 3.80. The van der Waals surface area contributed by atoms with Crippen LogP contribution in [0.2, 0.25) is 0 Å². The zero-order chi connectivity index (χ0) is 14.7. The fraction of sp³-hybridized carbons (Fsp3) is 0.412. The van der Waals surface area contributed by atoms with Gasteiger partial charge in [-0.05, 0) is 57.0 Å². The van der Waals surface area contributed by atoms with E-state index in [0.717, 1.165) is 29.0 Å². The normalized spacial score (nSPS) is 12.7. The third kappa shape index (κ3) is 3.15. The van der Waals surface area contributed by atoms with E-state index in [1.165, 1.54) is 16.7 Å². The molecule has 0 saturated heterocycles. The van der Waals surface area contributed by atoms with Crippen LogP contribution in [-0.2, 0) is 0 Å². The molecule has 0 bridgehead atoms. The van der Waals surface area contributed by atoms with Crippen LogP contribution in [0.1, 0.15) is 47.6 Å². The van der Waals surface area contributed by atoms with E-state index in [1.54, 1.807) is 0 Å². The minimum Gasteiger partial charge on any atom is -0.466 e. The first-order valence-corrected chi connectivity index (χ1v) is 7.89. The summed E-state index contributed by atoms with van der Waals surface area (Å²) < 4.78 is 6.91. The van der Waals surface area contributed by atoms with Gasteiger partial charge in [0.2, 0.25) is 0 Å². The molecule has 0 spiro atoms. The topological polar surface area (TPSA) is 25.2 Å². The second-order valence-corrected chi connectivity index (χ2v) is 6.11. The Morgan fingerprint density at radius 2 is 1.75 bits per heavy atom. The van der Waals surface area contributed by atoms with Crippen LogP contribution in [0.4, 0.5) is 0 Å². The summed E-state index contributed by atoms with van der Waals surface area (Å²) in [6.45, 7) is 9.40. The Morgan fingerprint density at radius 1 is 1.10 bits per heavy atom. The molecule has 0 saturated carbocycles. The Labute approximate surface area is 129 Å². The highest BCUT2D eigenvalue weighted by Gasteiger charge is 2.22. The maximum atomic E-state index is 5.80. The summed E-state index contributed by atoms with van der Waals surface area (Å²) in [6, 6.07) is 8.71. The van der Waals surface area contributed by atoms with Crippen LogP contribution in [0, 0.1) is 20.8 Å². The second kappa shape index (κ2) is 6.59. The van der Waals surface area contributed by atoms with Gasteiger partial charge in [0.15, 0.2) is 0 Å². The van der Waals surface area contributed by atoms with Crippen LogP contribution < -0.4 is 5.32 Å². The van der Waals surface area contributed by atoms with Gasteiger partial charge in [0.05, 0.1) is 6.04 Å². The Hall–Kier alpha value is -1.06. The van der Waals surface area contributed by atoms with Crippen molar-refractivity contribution in [3.05, 3.63) is 56.9 Å². The third-order valence-electron chi connectivity index (χ3n) is 3.71. The van der Waals surface area contributed by atoms with Crippen molar-refractivity contribution in [3.8, 4) is 0 Å². The van der Waals surface area contributed by atoms with Crippen molar-refractivity contribution in [1.82, 2.24) is 5.32 Å². The number of furan rings is 1. The number of nitrogens with one attached hydrogen (secondary N) is 1. The fourth-order valence-electron chi connectivity index (χ4n) is 2.57. The molecule has 3 heteroatoms. The maximum absolute atomic E-state index is 5.80. The molecule has 2 nitrogen and oxygen atoms in total. The van der Waals surface area contributed by atoms with Crippen LogP contribution in [-0.4, -0.2) is 6.54 Å². The summed E-state index contributed by atoms with van der Waals surface area (Å²) >= 11 is 3.50. The molecule has 0 amide bonds. The second-order valence-electron chi connectivity index (χ2n) is 5.19. The lowest BCUT2D eigenvalue weighted by atomic mass is 9.95. The molecular formula is C17H22BrNO. The highest BCUT2D eigenvalue weighted by atomic mass is 79.9. The van der Waals surface area contributed by atoms with E-state index >= 15 is 0 Å². The molecular weight excluding hydrogens is 314 g/mol. The first-order valence-electron chi connectivity index (χ1n) is 7.10. The Morgan fingerprint density at radius 3 is 2.25 bits per heavy atom. The minimum atomic E-state index is 0.195. The van der Waals surface area contributed by atoms with Gasteiger partial charge < -0.3 is 9.73 Å². The van der Waals surface area contributed by atoms with Crippen LogP contribution in [0.3, 0.4) is 0 Å². The summed E-state index contributed by atoms with van der Waals surface area (Å²) in [5.74, 6) is 2.02. The summed E-state index contributed by atoms with van der Waals surface area (Å²) in [5, 5.41) is 3.64. The minimum absolute atomic E-state index is 0.195. The van der Waals surface area contributed by atoms with Gasteiger partial charge in [-0.1, -0.05) is 35.0 Å². The molecule has 20 heavy (non-hydrogen) atoms. The van der Waals surface area contributed by atoms with Crippen LogP contribution in [0.15, 0.2) is 33.2 Å². The SMILES string of the molecule is CCCNC(c1ccc(Br)cc1)c1c(C)oc(C)c1C. The average Bonchev–Trinajstić information content (AvgIpc) is 2.67. The number of halogens is 1. The quantitative estimate of drug-likeness (QED) is 0.826. The molecule has 0 aliphatic heterocycles. The fourth-order valence-corrected chi connectivity index (χ4v) is 2.83. The number of hydrogen-bond acceptors (Lipinski definition) is 2. The molecule has 1 atom stereocenters. The van der Waals surface area contributed by atoms with Crippen molar-refractivity contribution in [2.24, 2.45) is 0 Å². The van der Waals surface area contributed by atoms with Crippen molar-refractivity contribution in [2.75, 3.05) is 6.54 Å². The summed E-state index contributed by atoms with van der Waals surface area (Å²) in [6.07, 6.45) is 1.11. The average molecular weight is 336 g/mol. The van der Waals surface area contributed by atoms with Gasteiger partial charge in [0.1, 0.15) is 11.5 Å². The van der Waals surface area contributed by atoms with E-state index < -0.39 is 0 Å². The Balaban J connectivity index is 2.44. The van der Waals surface area contributed by atoms with Crippen LogP contribution in [0.5, 0.6) is 0 Å². The van der Waals surface area contributed by atoms with Crippen molar-refractivity contribution >= 4 is 15.9 Å². The van der Waals surface area contributed by atoms with Crippen molar-refractivity contribution in [1.29, 1.82) is 0 Å². The molecule has 2 rings (SSSR count). The predicted molar refractivity (Wildman–Crippen MR) is 87.2 cm³/mol. The van der Waals surface area contributed by atoms with Crippen molar-refractivity contribution in [3.63, 3.8) is 0 Å². The van der Waals surface area contributed by atoms with Crippen molar-refractivity contribution < 1.29 is 4.42 Å². The maximum Gasteiger partial charge on any atom is 0.106 e. The standard InChI is InChI=1S/C17H22BrNO/c1-5-10-19-17(14-6-8-15(18)9-7-14)16-11(2)12(3)20-13(16)4/h6-9,17,19H,5,10H2,1-4H3. The van der Waals surface area contributed by atoms with E-state index in [9.17, 15) is 0 Å². The van der Waals surface area contributed by atoms with Crippen LogP contribution >= 0.6 is 15.9 Å². The molecule has 0 fully saturated rings. The van der Waals surface area contributed by atoms with Gasteiger partial charge in [0.25, 0.3) is 0 Å². The van der Waals surface area contributed by atoms with Crippen LogP contribution in [0.25, 0.3) is 0 Å². The molecule has 1 aromatic heterocycles. The number of aryl methyl sites for hydroxylation is 2. The van der Waals surface area contributed by atoms with E-state index in [-0.39, 0.29) is 6.04 Å². The number of benzene rings is 1. The first kappa shape index (κ1) is 15.3. The monoisotopic (exact) mass is 335 g/mol. The largest absolute Gasteiger partial charge is 0.466 e. The highest BCUT2D eigenvalue weighted by molar-refractivity contribution is 9.10. The molecule has 0 aliphatic rings. The lowest BCUT2D eigenvalue weighted by molar-refractivity contribution is 0.493. The molecule has 0 radical (unpaired) electrons. The van der Waals surface area contributed by atoms with Gasteiger partial charge in [-0.3, -0.25) is 0 Å². The molecule has 0 aliphatic carbocycles. The molecule has 2 aromatic rings. The van der Waals surface area contributed by atoms with Gasteiger partial charge in [-0.15, -0.1) is 0 Å². The zero-order valence-electron chi connectivity index (χ0n) is 12.6. The molecule has 1 N–H and O–H groups in total. The predicted octanol–water partition coefficient (Wildman–Crippen LogP) is 5.06.